The summed E-state index contributed by atoms with van der Waals surface area (Å²) in [5.74, 6) is 1.13. The second kappa shape index (κ2) is 8.22. The number of para-hydroxylation sites is 1. The summed E-state index contributed by atoms with van der Waals surface area (Å²) in [6.45, 7) is 4.70. The van der Waals surface area contributed by atoms with Gasteiger partial charge in [0, 0.05) is 57.1 Å². The predicted molar refractivity (Wildman–Crippen MR) is 109 cm³/mol. The van der Waals surface area contributed by atoms with Crippen molar-refractivity contribution in [2.45, 2.75) is 12.8 Å². The lowest BCUT2D eigenvalue weighted by Gasteiger charge is -2.36. The molecule has 1 aromatic heterocycles. The minimum atomic E-state index is -0.227. The Morgan fingerprint density at radius 3 is 2.32 bits per heavy atom. The van der Waals surface area contributed by atoms with E-state index in [0.717, 1.165) is 37.8 Å². The van der Waals surface area contributed by atoms with Crippen LogP contribution in [0.2, 0.25) is 0 Å². The van der Waals surface area contributed by atoms with E-state index >= 15 is 0 Å². The van der Waals surface area contributed by atoms with Gasteiger partial charge in [-0.2, -0.15) is 5.26 Å². The van der Waals surface area contributed by atoms with Crippen molar-refractivity contribution < 1.29 is 9.21 Å². The highest BCUT2D eigenvalue weighted by atomic mass is 16.4. The third-order valence-electron chi connectivity index (χ3n) is 5.36. The molecule has 2 aliphatic rings. The summed E-state index contributed by atoms with van der Waals surface area (Å²) < 4.78 is 5.83. The maximum atomic E-state index is 12.8. The zero-order valence-corrected chi connectivity index (χ0v) is 15.9. The largest absolute Gasteiger partial charge is 0.441 e. The van der Waals surface area contributed by atoms with Gasteiger partial charge in [0.2, 0.25) is 0 Å². The van der Waals surface area contributed by atoms with Crippen molar-refractivity contribution in [1.29, 1.82) is 5.26 Å². The fourth-order valence-corrected chi connectivity index (χ4v) is 3.79. The molecule has 6 heteroatoms. The predicted octanol–water partition coefficient (Wildman–Crippen LogP) is 3.14. The van der Waals surface area contributed by atoms with Crippen LogP contribution in [0.1, 0.15) is 18.6 Å². The molecular weight excluding hydrogens is 352 g/mol. The smallest absolute Gasteiger partial charge is 0.264 e. The molecule has 6 nitrogen and oxygen atoms in total. The third-order valence-corrected chi connectivity index (χ3v) is 5.36. The maximum Gasteiger partial charge on any atom is 0.264 e. The average Bonchev–Trinajstić information content (AvgIpc) is 3.44. The van der Waals surface area contributed by atoms with E-state index in [1.54, 1.807) is 11.0 Å². The highest BCUT2D eigenvalue weighted by molar-refractivity contribution is 6.01. The summed E-state index contributed by atoms with van der Waals surface area (Å²) in [5, 5.41) is 9.51. The van der Waals surface area contributed by atoms with Gasteiger partial charge in [0.15, 0.2) is 5.88 Å². The molecule has 2 aliphatic heterocycles. The molecule has 0 N–H and O–H groups in total. The van der Waals surface area contributed by atoms with Gasteiger partial charge in [0.05, 0.1) is 0 Å². The molecule has 0 radical (unpaired) electrons. The minimum absolute atomic E-state index is 0.121. The van der Waals surface area contributed by atoms with E-state index in [1.165, 1.54) is 12.8 Å². The fraction of sp³-hybridized carbons (Fsp3) is 0.364. The molecule has 1 aromatic carbocycles. The van der Waals surface area contributed by atoms with E-state index in [9.17, 15) is 10.1 Å². The number of carbonyl (C=O) groups excluding carboxylic acids is 1. The third kappa shape index (κ3) is 3.89. The first kappa shape index (κ1) is 18.2. The Labute approximate surface area is 165 Å². The van der Waals surface area contributed by atoms with E-state index in [2.05, 4.69) is 28.0 Å². The highest BCUT2D eigenvalue weighted by Crippen LogP contribution is 2.24. The summed E-state index contributed by atoms with van der Waals surface area (Å²) in [5.41, 5.74) is 1.28. The molecule has 2 saturated heterocycles. The van der Waals surface area contributed by atoms with E-state index in [0.29, 0.717) is 18.8 Å². The van der Waals surface area contributed by atoms with E-state index in [1.807, 2.05) is 30.3 Å². The van der Waals surface area contributed by atoms with Crippen LogP contribution in [0.5, 0.6) is 0 Å². The van der Waals surface area contributed by atoms with Crippen LogP contribution in [-0.2, 0) is 4.79 Å². The van der Waals surface area contributed by atoms with Gasteiger partial charge in [-0.3, -0.25) is 4.79 Å². The molecular formula is C22H24N4O2. The van der Waals surface area contributed by atoms with Crippen molar-refractivity contribution in [2.24, 2.45) is 0 Å². The van der Waals surface area contributed by atoms with E-state index in [4.69, 9.17) is 4.42 Å². The van der Waals surface area contributed by atoms with Crippen LogP contribution in [0, 0.1) is 11.3 Å². The summed E-state index contributed by atoms with van der Waals surface area (Å²) in [4.78, 5) is 19.0. The van der Waals surface area contributed by atoms with Crippen LogP contribution in [0.25, 0.3) is 6.08 Å². The van der Waals surface area contributed by atoms with Gasteiger partial charge in [0.25, 0.3) is 5.91 Å². The number of benzene rings is 1. The number of furan rings is 1. The van der Waals surface area contributed by atoms with Crippen LogP contribution in [0.4, 0.5) is 11.6 Å². The Hall–Kier alpha value is -3.20. The van der Waals surface area contributed by atoms with Gasteiger partial charge >= 0.3 is 0 Å². The quantitative estimate of drug-likeness (QED) is 0.606. The van der Waals surface area contributed by atoms with E-state index in [-0.39, 0.29) is 11.5 Å². The number of rotatable bonds is 4. The van der Waals surface area contributed by atoms with Crippen LogP contribution < -0.4 is 9.80 Å². The van der Waals surface area contributed by atoms with Crippen molar-refractivity contribution in [3.05, 3.63) is 53.8 Å². The maximum absolute atomic E-state index is 12.8. The van der Waals surface area contributed by atoms with Gasteiger partial charge in [-0.1, -0.05) is 18.2 Å². The van der Waals surface area contributed by atoms with Gasteiger partial charge in [-0.05, 0) is 31.0 Å². The van der Waals surface area contributed by atoms with Crippen LogP contribution in [0.15, 0.2) is 52.5 Å². The molecule has 3 heterocycles. The van der Waals surface area contributed by atoms with Crippen LogP contribution >= 0.6 is 0 Å². The zero-order valence-electron chi connectivity index (χ0n) is 15.9. The molecule has 2 fully saturated rings. The molecule has 144 valence electrons. The minimum Gasteiger partial charge on any atom is -0.441 e. The van der Waals surface area contributed by atoms with Gasteiger partial charge in [-0.15, -0.1) is 0 Å². The molecule has 0 spiro atoms. The van der Waals surface area contributed by atoms with Crippen molar-refractivity contribution in [3.63, 3.8) is 0 Å². The van der Waals surface area contributed by atoms with E-state index < -0.39 is 0 Å². The molecule has 0 bridgehead atoms. The first-order valence-corrected chi connectivity index (χ1v) is 9.80. The summed E-state index contributed by atoms with van der Waals surface area (Å²) in [6.07, 6.45) is 3.90. The Morgan fingerprint density at radius 2 is 1.64 bits per heavy atom. The van der Waals surface area contributed by atoms with Crippen LogP contribution in [0.3, 0.4) is 0 Å². The molecule has 1 amide bonds. The first-order chi connectivity index (χ1) is 13.7. The number of nitriles is 1. The van der Waals surface area contributed by atoms with Gasteiger partial charge < -0.3 is 19.1 Å². The number of nitrogens with zero attached hydrogens (tertiary/aromatic N) is 4. The Balaban J connectivity index is 1.40. The number of anilines is 2. The molecule has 2 aromatic rings. The number of amides is 1. The molecule has 4 rings (SSSR count). The summed E-state index contributed by atoms with van der Waals surface area (Å²) in [6, 6.07) is 16.0. The highest BCUT2D eigenvalue weighted by Gasteiger charge is 2.24. The second-order valence-corrected chi connectivity index (χ2v) is 7.15. The van der Waals surface area contributed by atoms with Crippen molar-refractivity contribution >= 4 is 23.6 Å². The standard InChI is InChI=1S/C22H24N4O2/c23-17-18(16-20-8-9-21(28-20)25-10-4-5-11-25)22(27)26-14-12-24(13-15-26)19-6-2-1-3-7-19/h1-3,6-9,16H,4-5,10-15H2/b18-16-. The molecule has 0 atom stereocenters. The number of hydrogen-bond donors (Lipinski definition) is 0. The monoisotopic (exact) mass is 376 g/mol. The average molecular weight is 376 g/mol. The molecule has 0 saturated carbocycles. The second-order valence-electron chi connectivity index (χ2n) is 7.15. The number of hydrogen-bond acceptors (Lipinski definition) is 5. The lowest BCUT2D eigenvalue weighted by atomic mass is 10.2. The molecule has 28 heavy (non-hydrogen) atoms. The SMILES string of the molecule is N#C/C(=C/c1ccc(N2CCCC2)o1)C(=O)N1CCN(c2ccccc2)CC1. The molecule has 0 aliphatic carbocycles. The lowest BCUT2D eigenvalue weighted by Crippen LogP contribution is -2.49. The fourth-order valence-electron chi connectivity index (χ4n) is 3.79. The number of piperazine rings is 1. The Bertz CT molecular complexity index is 883. The van der Waals surface area contributed by atoms with Crippen LogP contribution in [-0.4, -0.2) is 50.1 Å². The van der Waals surface area contributed by atoms with Gasteiger partial charge in [-0.25, -0.2) is 0 Å². The van der Waals surface area contributed by atoms with Crippen molar-refractivity contribution in [2.75, 3.05) is 49.1 Å². The Kier molecular flexibility index (Phi) is 5.34. The normalized spacial score (nSPS) is 17.7. The van der Waals surface area contributed by atoms with Gasteiger partial charge in [0.1, 0.15) is 17.4 Å². The van der Waals surface area contributed by atoms with Crippen molar-refractivity contribution in [1.82, 2.24) is 4.90 Å². The molecule has 0 unspecified atom stereocenters. The zero-order chi connectivity index (χ0) is 19.3. The summed E-state index contributed by atoms with van der Waals surface area (Å²) >= 11 is 0. The number of carbonyl (C=O) groups is 1. The Morgan fingerprint density at radius 1 is 0.929 bits per heavy atom. The lowest BCUT2D eigenvalue weighted by molar-refractivity contribution is -0.126. The topological polar surface area (TPSA) is 63.7 Å². The first-order valence-electron chi connectivity index (χ1n) is 9.80. The summed E-state index contributed by atoms with van der Waals surface area (Å²) in [7, 11) is 0. The van der Waals surface area contributed by atoms with Crippen molar-refractivity contribution in [3.8, 4) is 6.07 Å².